The van der Waals surface area contributed by atoms with E-state index < -0.39 is 5.60 Å². The molecule has 72 valence electrons. The summed E-state index contributed by atoms with van der Waals surface area (Å²) in [4.78, 5) is 4.32. The number of nitrogens with two attached hydrogens (primary N) is 1. The van der Waals surface area contributed by atoms with Gasteiger partial charge in [-0.05, 0) is 19.8 Å². The van der Waals surface area contributed by atoms with Crippen molar-refractivity contribution >= 4 is 11.3 Å². The van der Waals surface area contributed by atoms with Crippen molar-refractivity contribution in [1.29, 1.82) is 0 Å². The Labute approximate surface area is 81.6 Å². The zero-order chi connectivity index (χ0) is 9.47. The molecule has 0 bridgehead atoms. The Kier molecular flexibility index (Phi) is 2.14. The fourth-order valence-corrected chi connectivity index (χ4v) is 2.73. The number of rotatable bonds is 2. The van der Waals surface area contributed by atoms with Gasteiger partial charge in [0.2, 0.25) is 0 Å². The van der Waals surface area contributed by atoms with Gasteiger partial charge in [-0.1, -0.05) is 0 Å². The number of aromatic nitrogens is 1. The van der Waals surface area contributed by atoms with Gasteiger partial charge >= 0.3 is 0 Å². The lowest BCUT2D eigenvalue weighted by Gasteiger charge is -2.41. The van der Waals surface area contributed by atoms with Gasteiger partial charge in [0.1, 0.15) is 0 Å². The second-order valence-electron chi connectivity index (χ2n) is 3.95. The molecule has 1 aliphatic carbocycles. The summed E-state index contributed by atoms with van der Waals surface area (Å²) in [5.74, 6) is 0. The fourth-order valence-electron chi connectivity index (χ4n) is 1.83. The second-order valence-corrected chi connectivity index (χ2v) is 4.89. The molecule has 3 nitrogen and oxygen atoms in total. The monoisotopic (exact) mass is 198 g/mol. The number of aliphatic hydroxyl groups is 1. The minimum atomic E-state index is -0.566. The van der Waals surface area contributed by atoms with Gasteiger partial charge in [-0.25, -0.2) is 4.98 Å². The molecule has 0 amide bonds. The van der Waals surface area contributed by atoms with E-state index >= 15 is 0 Å². The van der Waals surface area contributed by atoms with Crippen LogP contribution in [0.2, 0.25) is 0 Å². The average Bonchev–Trinajstić information content (AvgIpc) is 2.32. The molecule has 0 unspecified atom stereocenters. The number of hydrogen-bond acceptors (Lipinski definition) is 4. The third-order valence-electron chi connectivity index (χ3n) is 2.43. The lowest BCUT2D eigenvalue weighted by atomic mass is 9.74. The summed E-state index contributed by atoms with van der Waals surface area (Å²) in [6, 6.07) is 0.186. The number of aryl methyl sites for hydroxylation is 1. The SMILES string of the molecule is Cc1csc(CC2(O)CC(N)C2)n1. The van der Waals surface area contributed by atoms with Crippen LogP contribution in [0.4, 0.5) is 0 Å². The average molecular weight is 198 g/mol. The van der Waals surface area contributed by atoms with Gasteiger partial charge in [0.25, 0.3) is 0 Å². The molecule has 0 saturated heterocycles. The molecule has 1 saturated carbocycles. The summed E-state index contributed by atoms with van der Waals surface area (Å²) in [6.07, 6.45) is 2.09. The largest absolute Gasteiger partial charge is 0.389 e. The Morgan fingerprint density at radius 2 is 2.46 bits per heavy atom. The molecule has 1 aromatic heterocycles. The lowest BCUT2D eigenvalue weighted by molar-refractivity contribution is -0.0455. The second kappa shape index (κ2) is 3.04. The van der Waals surface area contributed by atoms with Crippen LogP contribution in [0.5, 0.6) is 0 Å². The van der Waals surface area contributed by atoms with Crippen LogP contribution in [-0.4, -0.2) is 21.7 Å². The molecule has 0 atom stereocenters. The number of thiazole rings is 1. The molecule has 0 aliphatic heterocycles. The highest BCUT2D eigenvalue weighted by molar-refractivity contribution is 7.09. The van der Waals surface area contributed by atoms with Crippen LogP contribution in [-0.2, 0) is 6.42 Å². The van der Waals surface area contributed by atoms with E-state index in [2.05, 4.69) is 4.98 Å². The third kappa shape index (κ3) is 1.90. The molecular formula is C9H14N2OS. The summed E-state index contributed by atoms with van der Waals surface area (Å²) in [7, 11) is 0. The zero-order valence-electron chi connectivity index (χ0n) is 7.66. The van der Waals surface area contributed by atoms with Gasteiger partial charge in [-0.3, -0.25) is 0 Å². The topological polar surface area (TPSA) is 59.1 Å². The third-order valence-corrected chi connectivity index (χ3v) is 3.40. The maximum atomic E-state index is 9.93. The van der Waals surface area contributed by atoms with Gasteiger partial charge in [-0.2, -0.15) is 0 Å². The van der Waals surface area contributed by atoms with Crippen LogP contribution in [0.25, 0.3) is 0 Å². The van der Waals surface area contributed by atoms with E-state index in [9.17, 15) is 5.11 Å². The predicted molar refractivity (Wildman–Crippen MR) is 52.7 cm³/mol. The van der Waals surface area contributed by atoms with Gasteiger partial charge < -0.3 is 10.8 Å². The molecule has 0 radical (unpaired) electrons. The van der Waals surface area contributed by atoms with Crippen LogP contribution >= 0.6 is 11.3 Å². The van der Waals surface area contributed by atoms with E-state index in [4.69, 9.17) is 5.73 Å². The van der Waals surface area contributed by atoms with Crippen molar-refractivity contribution in [3.8, 4) is 0 Å². The number of nitrogens with zero attached hydrogens (tertiary/aromatic N) is 1. The Balaban J connectivity index is 1.99. The first-order valence-corrected chi connectivity index (χ1v) is 5.34. The predicted octanol–water partition coefficient (Wildman–Crippen LogP) is 0.846. The van der Waals surface area contributed by atoms with Crippen LogP contribution < -0.4 is 5.73 Å². The Hall–Kier alpha value is -0.450. The fraction of sp³-hybridized carbons (Fsp3) is 0.667. The standard InChI is InChI=1S/C9H14N2OS/c1-6-5-13-8(11-6)4-9(12)2-7(10)3-9/h5,7,12H,2-4,10H2,1H3. The molecule has 13 heavy (non-hydrogen) atoms. The van der Waals surface area contributed by atoms with Crippen molar-refractivity contribution in [2.75, 3.05) is 0 Å². The highest BCUT2D eigenvalue weighted by Gasteiger charge is 2.41. The quantitative estimate of drug-likeness (QED) is 0.740. The first-order chi connectivity index (χ1) is 6.07. The maximum absolute atomic E-state index is 9.93. The van der Waals surface area contributed by atoms with E-state index in [1.165, 1.54) is 0 Å². The van der Waals surface area contributed by atoms with Gasteiger partial charge in [0.05, 0.1) is 10.6 Å². The molecule has 1 aromatic rings. The van der Waals surface area contributed by atoms with Crippen LogP contribution in [0.1, 0.15) is 23.5 Å². The summed E-state index contributed by atoms with van der Waals surface area (Å²) >= 11 is 1.61. The molecule has 2 rings (SSSR count). The van der Waals surface area contributed by atoms with Gasteiger partial charge in [0, 0.05) is 23.5 Å². The normalized spacial score (nSPS) is 33.0. The summed E-state index contributed by atoms with van der Waals surface area (Å²) in [6.45, 7) is 1.97. The highest BCUT2D eigenvalue weighted by Crippen LogP contribution is 2.34. The minimum absolute atomic E-state index is 0.186. The first kappa shape index (κ1) is 9.12. The van der Waals surface area contributed by atoms with E-state index in [1.807, 2.05) is 12.3 Å². The summed E-state index contributed by atoms with van der Waals surface area (Å²) in [5.41, 5.74) is 6.10. The molecule has 1 fully saturated rings. The molecule has 4 heteroatoms. The van der Waals surface area contributed by atoms with E-state index in [0.717, 1.165) is 10.7 Å². The van der Waals surface area contributed by atoms with Crippen molar-refractivity contribution in [3.63, 3.8) is 0 Å². The van der Waals surface area contributed by atoms with Gasteiger partial charge in [0.15, 0.2) is 0 Å². The van der Waals surface area contributed by atoms with Crippen molar-refractivity contribution < 1.29 is 5.11 Å². The van der Waals surface area contributed by atoms with Crippen molar-refractivity contribution in [3.05, 3.63) is 16.1 Å². The number of hydrogen-bond donors (Lipinski definition) is 2. The Morgan fingerprint density at radius 1 is 1.77 bits per heavy atom. The highest BCUT2D eigenvalue weighted by atomic mass is 32.1. The molecule has 0 aromatic carbocycles. The van der Waals surface area contributed by atoms with Crippen molar-refractivity contribution in [1.82, 2.24) is 4.98 Å². The van der Waals surface area contributed by atoms with Crippen LogP contribution in [0.3, 0.4) is 0 Å². The molecule has 1 aliphatic rings. The summed E-state index contributed by atoms with van der Waals surface area (Å²) < 4.78 is 0. The molecule has 1 heterocycles. The Morgan fingerprint density at radius 3 is 2.92 bits per heavy atom. The Bertz CT molecular complexity index is 304. The van der Waals surface area contributed by atoms with E-state index in [-0.39, 0.29) is 6.04 Å². The lowest BCUT2D eigenvalue weighted by Crippen LogP contribution is -2.52. The van der Waals surface area contributed by atoms with Crippen molar-refractivity contribution in [2.24, 2.45) is 5.73 Å². The van der Waals surface area contributed by atoms with Crippen LogP contribution in [0.15, 0.2) is 5.38 Å². The molecular weight excluding hydrogens is 184 g/mol. The first-order valence-electron chi connectivity index (χ1n) is 4.46. The minimum Gasteiger partial charge on any atom is -0.389 e. The van der Waals surface area contributed by atoms with Crippen LogP contribution in [0, 0.1) is 6.92 Å². The zero-order valence-corrected chi connectivity index (χ0v) is 8.47. The van der Waals surface area contributed by atoms with Crippen molar-refractivity contribution in [2.45, 2.75) is 37.8 Å². The summed E-state index contributed by atoms with van der Waals surface area (Å²) in [5, 5.41) is 13.0. The molecule has 0 spiro atoms. The smallest absolute Gasteiger partial charge is 0.0956 e. The van der Waals surface area contributed by atoms with E-state index in [0.29, 0.717) is 19.3 Å². The maximum Gasteiger partial charge on any atom is 0.0956 e. The van der Waals surface area contributed by atoms with E-state index in [1.54, 1.807) is 11.3 Å². The van der Waals surface area contributed by atoms with Gasteiger partial charge in [-0.15, -0.1) is 11.3 Å². The molecule has 3 N–H and O–H groups in total.